The molecule has 298 valence electrons. The van der Waals surface area contributed by atoms with Gasteiger partial charge in [0.25, 0.3) is 11.4 Å². The Bertz CT molecular complexity index is 1800. The van der Waals surface area contributed by atoms with E-state index in [1.807, 2.05) is 0 Å². The smallest absolute Gasteiger partial charge is 0.343 e. The summed E-state index contributed by atoms with van der Waals surface area (Å²) in [5, 5.41) is 24.8. The second-order valence-electron chi connectivity index (χ2n) is 13.8. The quantitative estimate of drug-likeness (QED) is 0.0234. The minimum Gasteiger partial charge on any atom is -0.494 e. The number of nitro groups is 2. The molecule has 0 aromatic heterocycles. The molecule has 12 nitrogen and oxygen atoms in total. The van der Waals surface area contributed by atoms with Crippen molar-refractivity contribution < 1.29 is 38.4 Å². The molecular weight excluding hydrogens is 716 g/mol. The molecule has 0 aliphatic heterocycles. The summed E-state index contributed by atoms with van der Waals surface area (Å²) in [6, 6.07) is 17.8. The molecule has 56 heavy (non-hydrogen) atoms. The van der Waals surface area contributed by atoms with Crippen LogP contribution in [0.3, 0.4) is 0 Å². The van der Waals surface area contributed by atoms with E-state index < -0.39 is 33.2 Å². The van der Waals surface area contributed by atoms with Crippen LogP contribution < -0.4 is 18.9 Å². The van der Waals surface area contributed by atoms with Crippen LogP contribution in [0.5, 0.6) is 23.0 Å². The maximum Gasteiger partial charge on any atom is 0.343 e. The molecular formula is C44H52N2O10. The van der Waals surface area contributed by atoms with Gasteiger partial charge in [0, 0.05) is 0 Å². The number of carbonyl (C=O) groups excluding carboxylic acids is 2. The van der Waals surface area contributed by atoms with Gasteiger partial charge in [-0.3, -0.25) is 20.2 Å². The Labute approximate surface area is 328 Å². The van der Waals surface area contributed by atoms with Gasteiger partial charge in [0.2, 0.25) is 0 Å². The zero-order valence-electron chi connectivity index (χ0n) is 32.8. The van der Waals surface area contributed by atoms with Gasteiger partial charge in [-0.25, -0.2) is 9.59 Å². The topological polar surface area (TPSA) is 157 Å². The number of rotatable bonds is 23. The number of esters is 2. The minimum atomic E-state index is -0.738. The van der Waals surface area contributed by atoms with Crippen LogP contribution in [-0.2, 0) is 0 Å². The van der Waals surface area contributed by atoms with Gasteiger partial charge in [-0.15, -0.1) is 0 Å². The highest BCUT2D eigenvalue weighted by Gasteiger charge is 2.30. The maximum absolute atomic E-state index is 13.0. The van der Waals surface area contributed by atoms with Crippen molar-refractivity contribution in [2.45, 2.75) is 105 Å². The average molecular weight is 769 g/mol. The van der Waals surface area contributed by atoms with Crippen LogP contribution in [0, 0.1) is 34.1 Å². The molecule has 0 atom stereocenters. The number of hydrogen-bond acceptors (Lipinski definition) is 10. The van der Waals surface area contributed by atoms with E-state index in [0.717, 1.165) is 37.8 Å². The Kier molecular flexibility index (Phi) is 16.8. The van der Waals surface area contributed by atoms with Crippen molar-refractivity contribution in [3.8, 4) is 34.1 Å². The first kappa shape index (κ1) is 43.0. The van der Waals surface area contributed by atoms with Crippen LogP contribution in [0.4, 0.5) is 11.4 Å². The first-order valence-corrected chi connectivity index (χ1v) is 19.5. The summed E-state index contributed by atoms with van der Waals surface area (Å²) in [7, 11) is 0. The van der Waals surface area contributed by atoms with Crippen LogP contribution in [0.2, 0.25) is 0 Å². The Morgan fingerprint density at radius 1 is 0.500 bits per heavy atom. The second-order valence-corrected chi connectivity index (χ2v) is 13.8. The van der Waals surface area contributed by atoms with Crippen molar-refractivity contribution in [1.82, 2.24) is 0 Å². The Balaban J connectivity index is 1.45. The van der Waals surface area contributed by atoms with Crippen molar-refractivity contribution in [2.24, 2.45) is 0 Å². The fourth-order valence-corrected chi connectivity index (χ4v) is 6.38. The van der Waals surface area contributed by atoms with Crippen molar-refractivity contribution in [3.63, 3.8) is 0 Å². The van der Waals surface area contributed by atoms with E-state index in [9.17, 15) is 29.8 Å². The van der Waals surface area contributed by atoms with Gasteiger partial charge in [-0.05, 0) is 98.5 Å². The molecule has 0 N–H and O–H groups in total. The molecule has 0 saturated heterocycles. The summed E-state index contributed by atoms with van der Waals surface area (Å²) in [5.41, 5.74) is -0.107. The summed E-state index contributed by atoms with van der Waals surface area (Å²) in [6.45, 7) is 8.57. The highest BCUT2D eigenvalue weighted by atomic mass is 16.6. The molecule has 0 amide bonds. The first-order valence-electron chi connectivity index (χ1n) is 19.5. The zero-order valence-corrected chi connectivity index (χ0v) is 32.8. The van der Waals surface area contributed by atoms with Crippen LogP contribution in [-0.4, -0.2) is 35.0 Å². The molecule has 12 heteroatoms. The van der Waals surface area contributed by atoms with Crippen molar-refractivity contribution in [3.05, 3.63) is 115 Å². The first-order chi connectivity index (χ1) is 27.0. The predicted octanol–water partition coefficient (Wildman–Crippen LogP) is 11.7. The lowest BCUT2D eigenvalue weighted by Gasteiger charge is -2.14. The Morgan fingerprint density at radius 3 is 1.18 bits per heavy atom. The number of carbonyl (C=O) groups is 2. The lowest BCUT2D eigenvalue weighted by Crippen LogP contribution is -2.10. The van der Waals surface area contributed by atoms with Crippen molar-refractivity contribution in [1.29, 1.82) is 0 Å². The number of ether oxygens (including phenoxy) is 4. The summed E-state index contributed by atoms with van der Waals surface area (Å²) in [5.74, 6) is -0.453. The van der Waals surface area contributed by atoms with Gasteiger partial charge in [0.15, 0.2) is 0 Å². The molecule has 0 bridgehead atoms. The highest BCUT2D eigenvalue weighted by Crippen LogP contribution is 2.44. The molecule has 0 heterocycles. The summed E-state index contributed by atoms with van der Waals surface area (Å²) >= 11 is 0. The van der Waals surface area contributed by atoms with Gasteiger partial charge < -0.3 is 18.9 Å². The molecule has 0 radical (unpaired) electrons. The van der Waals surface area contributed by atoms with Gasteiger partial charge >= 0.3 is 11.9 Å². The minimum absolute atomic E-state index is 0.0275. The van der Waals surface area contributed by atoms with E-state index in [1.54, 1.807) is 48.5 Å². The van der Waals surface area contributed by atoms with Crippen LogP contribution >= 0.6 is 0 Å². The van der Waals surface area contributed by atoms with Gasteiger partial charge in [-0.1, -0.05) is 78.1 Å². The third-order valence-corrected chi connectivity index (χ3v) is 9.35. The third-order valence-electron chi connectivity index (χ3n) is 9.35. The highest BCUT2D eigenvalue weighted by molar-refractivity contribution is 5.93. The number of unbranched alkanes of at least 4 members (excludes halogenated alkanes) is 10. The second kappa shape index (κ2) is 21.9. The predicted molar refractivity (Wildman–Crippen MR) is 215 cm³/mol. The van der Waals surface area contributed by atoms with Gasteiger partial charge in [-0.2, -0.15) is 0 Å². The molecule has 0 aliphatic rings. The number of nitro benzene ring substituents is 2. The van der Waals surface area contributed by atoms with Crippen molar-refractivity contribution in [2.75, 3.05) is 13.2 Å². The van der Waals surface area contributed by atoms with Crippen LogP contribution in [0.1, 0.15) is 123 Å². The normalized spacial score (nSPS) is 10.9. The number of hydrogen-bond donors (Lipinski definition) is 0. The fraction of sp³-hybridized carbons (Fsp3) is 0.409. The van der Waals surface area contributed by atoms with Crippen LogP contribution in [0.15, 0.2) is 72.8 Å². The Morgan fingerprint density at radius 2 is 0.839 bits per heavy atom. The van der Waals surface area contributed by atoms with Crippen molar-refractivity contribution >= 4 is 23.3 Å². The zero-order chi connectivity index (χ0) is 40.5. The molecule has 4 aromatic rings. The lowest BCUT2D eigenvalue weighted by atomic mass is 9.93. The molecule has 4 rings (SSSR count). The summed E-state index contributed by atoms with van der Waals surface area (Å²) in [6.07, 6.45) is 13.7. The summed E-state index contributed by atoms with van der Waals surface area (Å²) < 4.78 is 22.6. The van der Waals surface area contributed by atoms with E-state index >= 15 is 0 Å². The van der Waals surface area contributed by atoms with E-state index in [0.29, 0.717) is 24.7 Å². The van der Waals surface area contributed by atoms with E-state index in [1.165, 1.54) is 77.3 Å². The average Bonchev–Trinajstić information content (AvgIpc) is 3.17. The lowest BCUT2D eigenvalue weighted by molar-refractivity contribution is -0.386. The van der Waals surface area contributed by atoms with Gasteiger partial charge in [0.1, 0.15) is 23.0 Å². The number of aryl methyl sites for hydroxylation is 2. The molecule has 0 spiro atoms. The van der Waals surface area contributed by atoms with E-state index in [2.05, 4.69) is 13.8 Å². The molecule has 0 fully saturated rings. The number of benzene rings is 4. The van der Waals surface area contributed by atoms with Gasteiger partial charge in [0.05, 0.1) is 57.4 Å². The standard InChI is InChI=1S/C44H52N2O10/c1-5-7-9-11-13-15-25-53-35-21-17-33(18-22-35)43(47)55-37-27-31(3)41(39(29-37)45(49)50)42-32(4)28-38(30-40(42)46(51)52)56-44(48)34-19-23-36(24-20-34)54-26-16-14-12-10-8-6-2/h17-24,27-30H,5-16,25-26H2,1-4H3. The molecule has 4 aromatic carbocycles. The molecule has 0 aliphatic carbocycles. The largest absolute Gasteiger partial charge is 0.494 e. The SMILES string of the molecule is CCCCCCCCOc1ccc(C(=O)Oc2cc(C)c(-c3c(C)cc(OC(=O)c4ccc(OCCCCCCCC)cc4)cc3[N+](=O)[O-])c([N+](=O)[O-])c2)cc1. The molecule has 0 saturated carbocycles. The van der Waals surface area contributed by atoms with Crippen LogP contribution in [0.25, 0.3) is 11.1 Å². The maximum atomic E-state index is 13.0. The van der Waals surface area contributed by atoms with E-state index in [-0.39, 0.29) is 44.9 Å². The third kappa shape index (κ3) is 12.6. The fourth-order valence-electron chi connectivity index (χ4n) is 6.38. The Hall–Kier alpha value is -5.78. The van der Waals surface area contributed by atoms with E-state index in [4.69, 9.17) is 18.9 Å². The number of nitrogens with zero attached hydrogens (tertiary/aromatic N) is 2. The molecule has 0 unspecified atom stereocenters. The monoisotopic (exact) mass is 768 g/mol. The summed E-state index contributed by atoms with van der Waals surface area (Å²) in [4.78, 5) is 49.4.